The van der Waals surface area contributed by atoms with Gasteiger partial charge in [0.1, 0.15) is 11.9 Å². The van der Waals surface area contributed by atoms with Crippen LogP contribution in [0.25, 0.3) is 11.3 Å². The van der Waals surface area contributed by atoms with Gasteiger partial charge >= 0.3 is 0 Å². The number of hydrogen-bond acceptors (Lipinski definition) is 4. The first-order valence-corrected chi connectivity index (χ1v) is 9.71. The van der Waals surface area contributed by atoms with E-state index >= 15 is 0 Å². The zero-order valence-corrected chi connectivity index (χ0v) is 16.3. The minimum absolute atomic E-state index is 0.0958. The first-order chi connectivity index (χ1) is 13.5. The summed E-state index contributed by atoms with van der Waals surface area (Å²) in [6.07, 6.45) is 0. The van der Waals surface area contributed by atoms with E-state index in [1.165, 1.54) is 29.5 Å². The smallest absolute Gasteiger partial charge is 0.254 e. The van der Waals surface area contributed by atoms with Crippen molar-refractivity contribution in [1.82, 2.24) is 10.3 Å². The second kappa shape index (κ2) is 8.75. The fourth-order valence-electron chi connectivity index (χ4n) is 2.66. The molecule has 3 aromatic rings. The van der Waals surface area contributed by atoms with Gasteiger partial charge in [0.25, 0.3) is 5.91 Å². The van der Waals surface area contributed by atoms with Crippen LogP contribution in [0.2, 0.25) is 0 Å². The number of aromatic nitrogens is 1. The van der Waals surface area contributed by atoms with Gasteiger partial charge in [-0.3, -0.25) is 9.59 Å². The minimum Gasteiger partial charge on any atom is -0.340 e. The van der Waals surface area contributed by atoms with Gasteiger partial charge in [-0.25, -0.2) is 9.37 Å². The van der Waals surface area contributed by atoms with Crippen LogP contribution in [0.5, 0.6) is 0 Å². The molecule has 144 valence electrons. The second-order valence-electron chi connectivity index (χ2n) is 6.57. The lowest BCUT2D eigenvalue weighted by atomic mass is 10.0. The van der Waals surface area contributed by atoms with Crippen molar-refractivity contribution in [2.24, 2.45) is 5.92 Å². The van der Waals surface area contributed by atoms with Gasteiger partial charge in [-0.1, -0.05) is 56.3 Å². The molecule has 0 saturated carbocycles. The SMILES string of the molecule is CC(C)[C@@H](NC(=O)c1ccccc1F)C(=O)Nc1nc(-c2ccccc2)cs1. The Labute approximate surface area is 166 Å². The van der Waals surface area contributed by atoms with E-state index in [-0.39, 0.29) is 11.5 Å². The number of thiazole rings is 1. The Hall–Kier alpha value is -3.06. The first-order valence-electron chi connectivity index (χ1n) is 8.83. The summed E-state index contributed by atoms with van der Waals surface area (Å²) in [7, 11) is 0. The molecule has 0 aliphatic carbocycles. The third-order valence-corrected chi connectivity index (χ3v) is 4.92. The number of amides is 2. The standard InChI is InChI=1S/C21H20FN3O2S/c1-13(2)18(24-19(26)15-10-6-7-11-16(15)22)20(27)25-21-23-17(12-28-21)14-8-4-3-5-9-14/h3-13,18H,1-2H3,(H,24,26)(H,23,25,27)/t18-/m1/s1. The van der Waals surface area contributed by atoms with Crippen molar-refractivity contribution >= 4 is 28.3 Å². The molecule has 1 heterocycles. The fraction of sp³-hybridized carbons (Fsp3) is 0.190. The molecular weight excluding hydrogens is 377 g/mol. The number of hydrogen-bond donors (Lipinski definition) is 2. The van der Waals surface area contributed by atoms with E-state index in [4.69, 9.17) is 0 Å². The average Bonchev–Trinajstić information content (AvgIpc) is 3.15. The molecule has 1 aromatic heterocycles. The Balaban J connectivity index is 1.71. The quantitative estimate of drug-likeness (QED) is 0.650. The zero-order valence-electron chi connectivity index (χ0n) is 15.5. The lowest BCUT2D eigenvalue weighted by Gasteiger charge is -2.21. The monoisotopic (exact) mass is 397 g/mol. The number of carbonyl (C=O) groups excluding carboxylic acids is 2. The zero-order chi connectivity index (χ0) is 20.1. The molecule has 1 atom stereocenters. The molecule has 28 heavy (non-hydrogen) atoms. The molecule has 0 unspecified atom stereocenters. The highest BCUT2D eigenvalue weighted by molar-refractivity contribution is 7.14. The van der Waals surface area contributed by atoms with Crippen molar-refractivity contribution in [3.63, 3.8) is 0 Å². The molecule has 0 radical (unpaired) electrons. The average molecular weight is 397 g/mol. The van der Waals surface area contributed by atoms with Crippen molar-refractivity contribution in [2.45, 2.75) is 19.9 Å². The molecule has 2 amide bonds. The van der Waals surface area contributed by atoms with Crippen LogP contribution in [0.4, 0.5) is 9.52 Å². The van der Waals surface area contributed by atoms with Crippen molar-refractivity contribution in [1.29, 1.82) is 0 Å². The van der Waals surface area contributed by atoms with Crippen LogP contribution in [0.1, 0.15) is 24.2 Å². The van der Waals surface area contributed by atoms with Crippen LogP contribution in [0.15, 0.2) is 60.0 Å². The molecule has 0 fully saturated rings. The minimum atomic E-state index is -0.823. The molecule has 0 aliphatic heterocycles. The van der Waals surface area contributed by atoms with Gasteiger partial charge in [0, 0.05) is 10.9 Å². The maximum absolute atomic E-state index is 13.8. The maximum Gasteiger partial charge on any atom is 0.254 e. The predicted octanol–water partition coefficient (Wildman–Crippen LogP) is 4.34. The highest BCUT2D eigenvalue weighted by Gasteiger charge is 2.26. The normalized spacial score (nSPS) is 11.9. The number of halogens is 1. The predicted molar refractivity (Wildman–Crippen MR) is 109 cm³/mol. The van der Waals surface area contributed by atoms with Crippen LogP contribution < -0.4 is 10.6 Å². The van der Waals surface area contributed by atoms with Crippen LogP contribution >= 0.6 is 11.3 Å². The molecule has 0 bridgehead atoms. The molecule has 7 heteroatoms. The molecule has 0 spiro atoms. The van der Waals surface area contributed by atoms with Crippen molar-refractivity contribution in [3.8, 4) is 11.3 Å². The number of rotatable bonds is 6. The Morgan fingerprint density at radius 1 is 1.04 bits per heavy atom. The van der Waals surface area contributed by atoms with Gasteiger partial charge in [-0.15, -0.1) is 11.3 Å². The van der Waals surface area contributed by atoms with Gasteiger partial charge in [-0.2, -0.15) is 0 Å². The Kier molecular flexibility index (Phi) is 6.16. The number of benzene rings is 2. The van der Waals surface area contributed by atoms with Crippen LogP contribution in [0.3, 0.4) is 0 Å². The third-order valence-electron chi connectivity index (χ3n) is 4.16. The summed E-state index contributed by atoms with van der Waals surface area (Å²) in [5.74, 6) is -1.84. The second-order valence-corrected chi connectivity index (χ2v) is 7.43. The van der Waals surface area contributed by atoms with E-state index in [1.54, 1.807) is 6.07 Å². The van der Waals surface area contributed by atoms with E-state index < -0.39 is 23.7 Å². The summed E-state index contributed by atoms with van der Waals surface area (Å²) in [5, 5.41) is 7.66. The third kappa shape index (κ3) is 4.61. The van der Waals surface area contributed by atoms with Gasteiger partial charge < -0.3 is 10.6 Å². The van der Waals surface area contributed by atoms with E-state index in [0.717, 1.165) is 11.3 Å². The van der Waals surface area contributed by atoms with E-state index in [0.29, 0.717) is 5.13 Å². The van der Waals surface area contributed by atoms with Crippen molar-refractivity contribution < 1.29 is 14.0 Å². The van der Waals surface area contributed by atoms with Crippen molar-refractivity contribution in [2.75, 3.05) is 5.32 Å². The summed E-state index contributed by atoms with van der Waals surface area (Å²) >= 11 is 1.30. The van der Waals surface area contributed by atoms with E-state index in [9.17, 15) is 14.0 Å². The molecule has 2 N–H and O–H groups in total. The Morgan fingerprint density at radius 3 is 2.39 bits per heavy atom. The Bertz CT molecular complexity index is 973. The lowest BCUT2D eigenvalue weighted by molar-refractivity contribution is -0.118. The highest BCUT2D eigenvalue weighted by Crippen LogP contribution is 2.25. The number of nitrogens with zero attached hydrogens (tertiary/aromatic N) is 1. The number of anilines is 1. The summed E-state index contributed by atoms with van der Waals surface area (Å²) in [4.78, 5) is 29.5. The lowest BCUT2D eigenvalue weighted by Crippen LogP contribution is -2.47. The molecule has 5 nitrogen and oxygen atoms in total. The van der Waals surface area contributed by atoms with Crippen LogP contribution in [0, 0.1) is 11.7 Å². The summed E-state index contributed by atoms with van der Waals surface area (Å²) in [5.41, 5.74) is 1.62. The Morgan fingerprint density at radius 2 is 1.71 bits per heavy atom. The number of carbonyl (C=O) groups is 2. The summed E-state index contributed by atoms with van der Waals surface area (Å²) < 4.78 is 13.8. The van der Waals surface area contributed by atoms with Gasteiger partial charge in [-0.05, 0) is 18.1 Å². The van der Waals surface area contributed by atoms with Gasteiger partial charge in [0.05, 0.1) is 11.3 Å². The van der Waals surface area contributed by atoms with Crippen molar-refractivity contribution in [3.05, 3.63) is 71.4 Å². The van der Waals surface area contributed by atoms with Crippen LogP contribution in [-0.4, -0.2) is 22.8 Å². The highest BCUT2D eigenvalue weighted by atomic mass is 32.1. The molecule has 0 aliphatic rings. The van der Waals surface area contributed by atoms with E-state index in [1.807, 2.05) is 49.6 Å². The molecular formula is C21H20FN3O2S. The molecule has 2 aromatic carbocycles. The molecule has 3 rings (SSSR count). The molecule has 0 saturated heterocycles. The number of nitrogens with one attached hydrogen (secondary N) is 2. The largest absolute Gasteiger partial charge is 0.340 e. The summed E-state index contributed by atoms with van der Waals surface area (Å²) in [6.45, 7) is 3.62. The topological polar surface area (TPSA) is 71.1 Å². The fourth-order valence-corrected chi connectivity index (χ4v) is 3.38. The van der Waals surface area contributed by atoms with E-state index in [2.05, 4.69) is 15.6 Å². The maximum atomic E-state index is 13.8. The first kappa shape index (κ1) is 19.7. The van der Waals surface area contributed by atoms with Gasteiger partial charge in [0.2, 0.25) is 5.91 Å². The summed E-state index contributed by atoms with van der Waals surface area (Å²) in [6, 6.07) is 14.5. The van der Waals surface area contributed by atoms with Gasteiger partial charge in [0.15, 0.2) is 5.13 Å². The van der Waals surface area contributed by atoms with Crippen LogP contribution in [-0.2, 0) is 4.79 Å².